The Morgan fingerprint density at radius 3 is 2.88 bits per heavy atom. The number of nitrogens with one attached hydrogen (secondary N) is 1. The van der Waals surface area contributed by atoms with Gasteiger partial charge >= 0.3 is 6.03 Å². The van der Waals surface area contributed by atoms with E-state index in [1.807, 2.05) is 6.92 Å². The third-order valence-corrected chi connectivity index (χ3v) is 0.670. The van der Waals surface area contributed by atoms with Crippen LogP contribution in [0, 0.1) is 0 Å². The van der Waals surface area contributed by atoms with E-state index >= 15 is 0 Å². The van der Waals surface area contributed by atoms with E-state index in [0.717, 1.165) is 6.42 Å². The molecule has 0 spiro atoms. The number of aliphatic imine (C=N–C) groups is 1. The molecule has 8 heavy (non-hydrogen) atoms. The molecule has 0 radical (unpaired) electrons. The lowest BCUT2D eigenvalue weighted by atomic mass is 10.5. The maximum absolute atomic E-state index is 10.2. The molecule has 0 atom stereocenters. The predicted molar refractivity (Wildman–Crippen MR) is 33.2 cm³/mol. The lowest BCUT2D eigenvalue weighted by molar-refractivity contribution is 0.249. The quantitative estimate of drug-likeness (QED) is 0.530. The number of hydrogen-bond donors (Lipinski definition) is 1. The maximum atomic E-state index is 10.2. The number of urea groups is 1. The molecular formula is C5H10N2O. The Labute approximate surface area is 48.8 Å². The Kier molecular flexibility index (Phi) is 3.84. The van der Waals surface area contributed by atoms with Gasteiger partial charge in [-0.05, 0) is 13.1 Å². The van der Waals surface area contributed by atoms with Crippen molar-refractivity contribution in [3.8, 4) is 0 Å². The van der Waals surface area contributed by atoms with Crippen molar-refractivity contribution in [2.45, 2.75) is 13.3 Å². The highest BCUT2D eigenvalue weighted by Gasteiger charge is 1.88. The van der Waals surface area contributed by atoms with Crippen LogP contribution < -0.4 is 5.32 Å². The van der Waals surface area contributed by atoms with Crippen LogP contribution in [0.5, 0.6) is 0 Å². The summed E-state index contributed by atoms with van der Waals surface area (Å²) in [4.78, 5) is 13.4. The lowest BCUT2D eigenvalue weighted by Gasteiger charge is -1.93. The molecule has 0 saturated heterocycles. The van der Waals surface area contributed by atoms with Gasteiger partial charge in [-0.3, -0.25) is 0 Å². The molecule has 3 heteroatoms. The zero-order valence-corrected chi connectivity index (χ0v) is 4.98. The van der Waals surface area contributed by atoms with Crippen molar-refractivity contribution in [2.75, 3.05) is 6.54 Å². The standard InChI is InChI=1S/C5H10N2O/c1-3-4-7-5(8)6-2/h2-4H2,1H3,(H,7,8). The van der Waals surface area contributed by atoms with Crippen LogP contribution in [0.1, 0.15) is 13.3 Å². The van der Waals surface area contributed by atoms with E-state index in [1.165, 1.54) is 0 Å². The van der Waals surface area contributed by atoms with Crippen molar-refractivity contribution >= 4 is 12.7 Å². The smallest absolute Gasteiger partial charge is 0.336 e. The molecule has 0 saturated carbocycles. The summed E-state index contributed by atoms with van der Waals surface area (Å²) in [5, 5.41) is 2.51. The van der Waals surface area contributed by atoms with Gasteiger partial charge in [0.25, 0.3) is 0 Å². The molecule has 0 aliphatic rings. The Balaban J connectivity index is 3.11. The largest absolute Gasteiger partial charge is 0.340 e. The zero-order valence-electron chi connectivity index (χ0n) is 4.98. The minimum absolute atomic E-state index is 0.341. The van der Waals surface area contributed by atoms with E-state index in [4.69, 9.17) is 0 Å². The molecule has 0 aromatic heterocycles. The van der Waals surface area contributed by atoms with Gasteiger partial charge in [0, 0.05) is 6.54 Å². The first-order chi connectivity index (χ1) is 3.81. The van der Waals surface area contributed by atoms with Crippen molar-refractivity contribution in [2.24, 2.45) is 4.99 Å². The number of rotatable bonds is 2. The summed E-state index contributed by atoms with van der Waals surface area (Å²) in [5.41, 5.74) is 0. The predicted octanol–water partition coefficient (Wildman–Crippen LogP) is 0.807. The number of carbonyl (C=O) groups is 1. The highest BCUT2D eigenvalue weighted by atomic mass is 16.2. The van der Waals surface area contributed by atoms with Gasteiger partial charge in [-0.2, -0.15) is 0 Å². The summed E-state index contributed by atoms with van der Waals surface area (Å²) < 4.78 is 0. The van der Waals surface area contributed by atoms with Crippen molar-refractivity contribution in [1.82, 2.24) is 5.32 Å². The summed E-state index contributed by atoms with van der Waals surface area (Å²) >= 11 is 0. The first-order valence-electron chi connectivity index (χ1n) is 2.55. The van der Waals surface area contributed by atoms with E-state index in [0.29, 0.717) is 6.54 Å². The second-order valence-electron chi connectivity index (χ2n) is 1.39. The van der Waals surface area contributed by atoms with Gasteiger partial charge in [-0.25, -0.2) is 9.79 Å². The van der Waals surface area contributed by atoms with Crippen molar-refractivity contribution in [3.63, 3.8) is 0 Å². The first-order valence-corrected chi connectivity index (χ1v) is 2.55. The SMILES string of the molecule is C=NC(=O)NCCC. The molecule has 0 rings (SSSR count). The molecule has 1 N–H and O–H groups in total. The fourth-order valence-corrected chi connectivity index (χ4v) is 0.288. The van der Waals surface area contributed by atoms with Crippen molar-refractivity contribution < 1.29 is 4.79 Å². The molecule has 0 aliphatic heterocycles. The van der Waals surface area contributed by atoms with Gasteiger partial charge in [0.15, 0.2) is 0 Å². The second kappa shape index (κ2) is 4.30. The Bertz CT molecular complexity index is 90.4. The summed E-state index contributed by atoms with van der Waals surface area (Å²) in [6, 6.07) is -0.341. The minimum Gasteiger partial charge on any atom is -0.336 e. The number of hydrogen-bond acceptors (Lipinski definition) is 1. The normalized spacial score (nSPS) is 8.12. The molecule has 46 valence electrons. The maximum Gasteiger partial charge on any atom is 0.340 e. The molecule has 3 nitrogen and oxygen atoms in total. The zero-order chi connectivity index (χ0) is 6.41. The first kappa shape index (κ1) is 7.14. The Hall–Kier alpha value is -0.860. The third kappa shape index (κ3) is 3.33. The van der Waals surface area contributed by atoms with Crippen LogP contribution in [0.3, 0.4) is 0 Å². The highest BCUT2D eigenvalue weighted by molar-refractivity contribution is 5.78. The third-order valence-electron chi connectivity index (χ3n) is 0.670. The molecule has 0 heterocycles. The van der Waals surface area contributed by atoms with Gasteiger partial charge in [-0.1, -0.05) is 6.92 Å². The fourth-order valence-electron chi connectivity index (χ4n) is 0.288. The van der Waals surface area contributed by atoms with E-state index in [1.54, 1.807) is 0 Å². The van der Waals surface area contributed by atoms with Crippen molar-refractivity contribution in [1.29, 1.82) is 0 Å². The van der Waals surface area contributed by atoms with Gasteiger partial charge in [-0.15, -0.1) is 0 Å². The van der Waals surface area contributed by atoms with Crippen LogP contribution in [-0.4, -0.2) is 19.3 Å². The van der Waals surface area contributed by atoms with Crippen LogP contribution in [0.15, 0.2) is 4.99 Å². The van der Waals surface area contributed by atoms with Gasteiger partial charge in [0.1, 0.15) is 0 Å². The summed E-state index contributed by atoms with van der Waals surface area (Å²) in [7, 11) is 0. The van der Waals surface area contributed by atoms with E-state index in [9.17, 15) is 4.79 Å². The summed E-state index contributed by atoms with van der Waals surface area (Å²) in [5.74, 6) is 0. The second-order valence-corrected chi connectivity index (χ2v) is 1.39. The van der Waals surface area contributed by atoms with E-state index in [2.05, 4.69) is 17.0 Å². The van der Waals surface area contributed by atoms with Crippen LogP contribution in [-0.2, 0) is 0 Å². The topological polar surface area (TPSA) is 41.5 Å². The lowest BCUT2D eigenvalue weighted by Crippen LogP contribution is -2.19. The number of carbonyl (C=O) groups excluding carboxylic acids is 1. The molecule has 2 amide bonds. The summed E-state index contributed by atoms with van der Waals surface area (Å²) in [6.07, 6.45) is 0.932. The van der Waals surface area contributed by atoms with E-state index < -0.39 is 0 Å². The van der Waals surface area contributed by atoms with E-state index in [-0.39, 0.29) is 6.03 Å². The molecule has 0 unspecified atom stereocenters. The van der Waals surface area contributed by atoms with Crippen LogP contribution >= 0.6 is 0 Å². The Morgan fingerprint density at radius 2 is 2.50 bits per heavy atom. The average molecular weight is 114 g/mol. The van der Waals surface area contributed by atoms with Crippen LogP contribution in [0.2, 0.25) is 0 Å². The summed E-state index contributed by atoms with van der Waals surface area (Å²) in [6.45, 7) is 5.71. The minimum atomic E-state index is -0.341. The van der Waals surface area contributed by atoms with Gasteiger partial charge < -0.3 is 5.32 Å². The van der Waals surface area contributed by atoms with Crippen LogP contribution in [0.4, 0.5) is 4.79 Å². The average Bonchev–Trinajstić information content (AvgIpc) is 1.83. The molecule has 0 aliphatic carbocycles. The number of amides is 2. The fraction of sp³-hybridized carbons (Fsp3) is 0.600. The molecular weight excluding hydrogens is 104 g/mol. The molecule has 0 bridgehead atoms. The Morgan fingerprint density at radius 1 is 1.88 bits per heavy atom. The molecule has 0 aromatic rings. The number of nitrogens with zero attached hydrogens (tertiary/aromatic N) is 1. The van der Waals surface area contributed by atoms with Gasteiger partial charge in [0.2, 0.25) is 0 Å². The van der Waals surface area contributed by atoms with Crippen LogP contribution in [0.25, 0.3) is 0 Å². The molecule has 0 fully saturated rings. The van der Waals surface area contributed by atoms with Gasteiger partial charge in [0.05, 0.1) is 0 Å². The highest BCUT2D eigenvalue weighted by Crippen LogP contribution is 1.72. The van der Waals surface area contributed by atoms with Crippen molar-refractivity contribution in [3.05, 3.63) is 0 Å². The molecule has 0 aromatic carbocycles. The monoisotopic (exact) mass is 114 g/mol.